The quantitative estimate of drug-likeness (QED) is 0.725. The zero-order chi connectivity index (χ0) is 16.4. The first-order valence-electron chi connectivity index (χ1n) is 7.08. The number of phenolic OH excluding ortho intramolecular Hbond substituents is 1. The Morgan fingerprint density at radius 1 is 1.22 bits per heavy atom. The molecule has 2 N–H and O–H groups in total. The van der Waals surface area contributed by atoms with E-state index in [-0.39, 0.29) is 5.75 Å². The molecule has 0 saturated heterocycles. The average Bonchev–Trinajstić information content (AvgIpc) is 2.57. The number of fused-ring (bicyclic) bond motifs is 1. The zero-order valence-corrected chi connectivity index (χ0v) is 12.5. The van der Waals surface area contributed by atoms with Crippen molar-refractivity contribution in [1.29, 1.82) is 5.26 Å². The third kappa shape index (κ3) is 2.87. The summed E-state index contributed by atoms with van der Waals surface area (Å²) in [6.45, 7) is 2.14. The van der Waals surface area contributed by atoms with Crippen molar-refractivity contribution >= 4 is 16.7 Å². The minimum absolute atomic E-state index is 0.0952. The van der Waals surface area contributed by atoms with Gasteiger partial charge in [-0.1, -0.05) is 0 Å². The van der Waals surface area contributed by atoms with Crippen LogP contribution in [0.5, 0.6) is 5.75 Å². The fourth-order valence-electron chi connectivity index (χ4n) is 2.42. The molecule has 3 aromatic rings. The van der Waals surface area contributed by atoms with Crippen molar-refractivity contribution in [2.24, 2.45) is 0 Å². The molecule has 0 bridgehead atoms. The third-order valence-corrected chi connectivity index (χ3v) is 3.71. The lowest BCUT2D eigenvalue weighted by molar-refractivity contribution is 0.468. The highest BCUT2D eigenvalue weighted by molar-refractivity contribution is 5.85. The summed E-state index contributed by atoms with van der Waals surface area (Å²) < 4.78 is 5.22. The molecule has 0 unspecified atom stereocenters. The van der Waals surface area contributed by atoms with Crippen molar-refractivity contribution in [3.05, 3.63) is 69.6 Å². The second kappa shape index (κ2) is 5.85. The van der Waals surface area contributed by atoms with Crippen molar-refractivity contribution in [2.45, 2.75) is 13.5 Å². The van der Waals surface area contributed by atoms with Gasteiger partial charge in [0, 0.05) is 29.2 Å². The Kier molecular flexibility index (Phi) is 3.73. The first-order valence-corrected chi connectivity index (χ1v) is 7.08. The molecular weight excluding hydrogens is 292 g/mol. The lowest BCUT2D eigenvalue weighted by Crippen LogP contribution is -2.06. The first-order chi connectivity index (χ1) is 11.1. The van der Waals surface area contributed by atoms with Gasteiger partial charge in [-0.25, -0.2) is 4.79 Å². The molecule has 0 radical (unpaired) electrons. The summed E-state index contributed by atoms with van der Waals surface area (Å²) >= 11 is 0. The molecule has 114 valence electrons. The van der Waals surface area contributed by atoms with Crippen LogP contribution in [0, 0.1) is 18.3 Å². The van der Waals surface area contributed by atoms with Gasteiger partial charge in [0.25, 0.3) is 0 Å². The van der Waals surface area contributed by atoms with Crippen LogP contribution in [0.2, 0.25) is 0 Å². The smallest absolute Gasteiger partial charge is 0.336 e. The van der Waals surface area contributed by atoms with E-state index in [1.165, 1.54) is 6.07 Å². The zero-order valence-electron chi connectivity index (χ0n) is 12.5. The molecule has 1 heterocycles. The van der Waals surface area contributed by atoms with Gasteiger partial charge in [0.15, 0.2) is 0 Å². The van der Waals surface area contributed by atoms with Crippen LogP contribution in [0.4, 0.5) is 5.69 Å². The first kappa shape index (κ1) is 14.7. The number of nitriles is 1. The van der Waals surface area contributed by atoms with Gasteiger partial charge < -0.3 is 14.8 Å². The van der Waals surface area contributed by atoms with E-state index in [1.54, 1.807) is 31.2 Å². The topological polar surface area (TPSA) is 86.3 Å². The molecule has 0 aliphatic heterocycles. The molecule has 23 heavy (non-hydrogen) atoms. The highest BCUT2D eigenvalue weighted by Gasteiger charge is 2.10. The van der Waals surface area contributed by atoms with E-state index in [1.807, 2.05) is 12.1 Å². The van der Waals surface area contributed by atoms with Crippen molar-refractivity contribution in [3.63, 3.8) is 0 Å². The van der Waals surface area contributed by atoms with Gasteiger partial charge in [0.1, 0.15) is 11.3 Å². The summed E-state index contributed by atoms with van der Waals surface area (Å²) in [6, 6.07) is 13.9. The summed E-state index contributed by atoms with van der Waals surface area (Å²) in [5.74, 6) is 0.0952. The van der Waals surface area contributed by atoms with Gasteiger partial charge in [-0.15, -0.1) is 0 Å². The highest BCUT2D eigenvalue weighted by Crippen LogP contribution is 2.27. The normalized spacial score (nSPS) is 10.4. The number of aryl methyl sites for hydroxylation is 1. The van der Waals surface area contributed by atoms with Crippen LogP contribution >= 0.6 is 0 Å². The molecule has 2 aromatic carbocycles. The van der Waals surface area contributed by atoms with Gasteiger partial charge in [-0.3, -0.25) is 0 Å². The number of aromatic hydroxyl groups is 1. The maximum Gasteiger partial charge on any atom is 0.336 e. The average molecular weight is 306 g/mol. The fourth-order valence-corrected chi connectivity index (χ4v) is 2.42. The second-order valence-electron chi connectivity index (χ2n) is 5.22. The van der Waals surface area contributed by atoms with Gasteiger partial charge in [-0.2, -0.15) is 5.26 Å². The lowest BCUT2D eigenvalue weighted by Gasteiger charge is -2.10. The van der Waals surface area contributed by atoms with E-state index >= 15 is 0 Å². The highest BCUT2D eigenvalue weighted by atomic mass is 16.4. The Labute approximate surface area is 132 Å². The van der Waals surface area contributed by atoms with Crippen molar-refractivity contribution in [1.82, 2.24) is 0 Å². The molecule has 5 nitrogen and oxygen atoms in total. The molecule has 0 spiro atoms. The maximum absolute atomic E-state index is 11.8. The minimum atomic E-state index is -0.456. The Bertz CT molecular complexity index is 966. The summed E-state index contributed by atoms with van der Waals surface area (Å²) in [5, 5.41) is 22.5. The van der Waals surface area contributed by atoms with E-state index < -0.39 is 5.63 Å². The molecule has 0 fully saturated rings. The predicted molar refractivity (Wildman–Crippen MR) is 87.4 cm³/mol. The van der Waals surface area contributed by atoms with Gasteiger partial charge >= 0.3 is 5.63 Å². The van der Waals surface area contributed by atoms with Crippen LogP contribution in [0.3, 0.4) is 0 Å². The van der Waals surface area contributed by atoms with Crippen LogP contribution in [0.15, 0.2) is 51.7 Å². The van der Waals surface area contributed by atoms with Gasteiger partial charge in [-0.05, 0) is 48.9 Å². The van der Waals surface area contributed by atoms with Crippen LogP contribution < -0.4 is 10.9 Å². The standard InChI is InChI=1S/C18H14N2O3/c1-11-16(21)7-6-15-13(8-17(22)23-18(11)15)10-20-14-4-2-12(9-19)3-5-14/h2-8,20-21H,10H2,1H3. The number of anilines is 1. The Morgan fingerprint density at radius 3 is 2.65 bits per heavy atom. The number of rotatable bonds is 3. The number of phenols is 1. The van der Waals surface area contributed by atoms with E-state index in [9.17, 15) is 9.90 Å². The molecule has 0 amide bonds. The summed E-state index contributed by atoms with van der Waals surface area (Å²) in [7, 11) is 0. The molecule has 0 aliphatic carbocycles. The van der Waals surface area contributed by atoms with Crippen molar-refractivity contribution < 1.29 is 9.52 Å². The van der Waals surface area contributed by atoms with E-state index in [0.29, 0.717) is 23.3 Å². The molecule has 1 aromatic heterocycles. The minimum Gasteiger partial charge on any atom is -0.508 e. The van der Waals surface area contributed by atoms with Crippen LogP contribution in [0.1, 0.15) is 16.7 Å². The maximum atomic E-state index is 11.8. The Hall–Kier alpha value is -3.26. The van der Waals surface area contributed by atoms with Crippen molar-refractivity contribution in [2.75, 3.05) is 5.32 Å². The van der Waals surface area contributed by atoms with Crippen LogP contribution in [-0.4, -0.2) is 5.11 Å². The molecule has 3 rings (SSSR count). The third-order valence-electron chi connectivity index (χ3n) is 3.71. The molecule has 5 heteroatoms. The fraction of sp³-hybridized carbons (Fsp3) is 0.111. The number of nitrogens with zero attached hydrogens (tertiary/aromatic N) is 1. The monoisotopic (exact) mass is 306 g/mol. The largest absolute Gasteiger partial charge is 0.508 e. The summed E-state index contributed by atoms with van der Waals surface area (Å²) in [6.07, 6.45) is 0. The lowest BCUT2D eigenvalue weighted by atomic mass is 10.1. The van der Waals surface area contributed by atoms with Crippen molar-refractivity contribution in [3.8, 4) is 11.8 Å². The molecule has 0 saturated carbocycles. The van der Waals surface area contributed by atoms with Crippen LogP contribution in [-0.2, 0) is 6.54 Å². The summed E-state index contributed by atoms with van der Waals surface area (Å²) in [4.78, 5) is 11.8. The SMILES string of the molecule is Cc1c(O)ccc2c(CNc3ccc(C#N)cc3)cc(=O)oc12. The van der Waals surface area contributed by atoms with Gasteiger partial charge in [0.05, 0.1) is 11.6 Å². The number of benzene rings is 2. The summed E-state index contributed by atoms with van der Waals surface area (Å²) in [5.41, 5.74) is 2.70. The molecular formula is C18H14N2O3. The number of hydrogen-bond donors (Lipinski definition) is 2. The van der Waals surface area contributed by atoms with Gasteiger partial charge in [0.2, 0.25) is 0 Å². The van der Waals surface area contributed by atoms with E-state index in [2.05, 4.69) is 11.4 Å². The predicted octanol–water partition coefficient (Wildman–Crippen LogP) is 3.29. The second-order valence-corrected chi connectivity index (χ2v) is 5.22. The Balaban J connectivity index is 1.95. The Morgan fingerprint density at radius 2 is 1.96 bits per heavy atom. The van der Waals surface area contributed by atoms with Crippen LogP contribution in [0.25, 0.3) is 11.0 Å². The molecule has 0 aliphatic rings. The molecule has 0 atom stereocenters. The van der Waals surface area contributed by atoms with E-state index in [4.69, 9.17) is 9.68 Å². The van der Waals surface area contributed by atoms with E-state index in [0.717, 1.165) is 16.6 Å². The number of hydrogen-bond acceptors (Lipinski definition) is 5. The number of nitrogens with one attached hydrogen (secondary N) is 1.